The number of nitrogens with zero attached hydrogens (tertiary/aromatic N) is 3. The van der Waals surface area contributed by atoms with E-state index in [0.717, 1.165) is 57.8 Å². The molecule has 1 aromatic rings. The van der Waals surface area contributed by atoms with Crippen LogP contribution in [0, 0.1) is 0 Å². The van der Waals surface area contributed by atoms with Crippen LogP contribution < -0.4 is 17.1 Å². The van der Waals surface area contributed by atoms with E-state index in [1.165, 1.54) is 39.4 Å². The van der Waals surface area contributed by atoms with Gasteiger partial charge in [-0.3, -0.25) is 0 Å². The normalized spacial score (nSPS) is 11.2. The van der Waals surface area contributed by atoms with Gasteiger partial charge in [-0.05, 0) is 19.3 Å². The van der Waals surface area contributed by atoms with E-state index in [0.29, 0.717) is 19.6 Å². The van der Waals surface area contributed by atoms with E-state index in [-0.39, 0.29) is 0 Å². The quantitative estimate of drug-likeness (QED) is 0.392. The third-order valence-corrected chi connectivity index (χ3v) is 5.34. The largest absolute Gasteiger partial charge is 0.336 e. The summed E-state index contributed by atoms with van der Waals surface area (Å²) >= 11 is 0. The first-order chi connectivity index (χ1) is 13.6. The van der Waals surface area contributed by atoms with Crippen LogP contribution in [-0.2, 0) is 19.6 Å². The van der Waals surface area contributed by atoms with E-state index in [1.807, 2.05) is 6.92 Å². The highest BCUT2D eigenvalue weighted by atomic mass is 16.2. The van der Waals surface area contributed by atoms with E-state index in [2.05, 4.69) is 13.8 Å². The van der Waals surface area contributed by atoms with Crippen molar-refractivity contribution in [3.8, 4) is 0 Å². The third-order valence-electron chi connectivity index (χ3n) is 5.34. The van der Waals surface area contributed by atoms with Gasteiger partial charge in [0.15, 0.2) is 0 Å². The number of hydrogen-bond acceptors (Lipinski definition) is 3. The van der Waals surface area contributed by atoms with Crippen LogP contribution in [0.5, 0.6) is 0 Å². The highest BCUT2D eigenvalue weighted by molar-refractivity contribution is 4.79. The van der Waals surface area contributed by atoms with Crippen LogP contribution in [0.2, 0.25) is 0 Å². The maximum atomic E-state index is 12.8. The monoisotopic (exact) mass is 395 g/mol. The minimum Gasteiger partial charge on any atom is -0.247 e. The van der Waals surface area contributed by atoms with Crippen LogP contribution in [0.15, 0.2) is 14.4 Å². The van der Waals surface area contributed by atoms with E-state index in [9.17, 15) is 14.4 Å². The van der Waals surface area contributed by atoms with Crippen LogP contribution >= 0.6 is 0 Å². The molecule has 0 unspecified atom stereocenters. The molecule has 0 N–H and O–H groups in total. The maximum Gasteiger partial charge on any atom is 0.336 e. The predicted molar refractivity (Wildman–Crippen MR) is 116 cm³/mol. The minimum atomic E-state index is -0.432. The molecule has 28 heavy (non-hydrogen) atoms. The molecule has 162 valence electrons. The molecule has 0 spiro atoms. The zero-order chi connectivity index (χ0) is 20.8. The summed E-state index contributed by atoms with van der Waals surface area (Å²) in [6, 6.07) is 0. The van der Waals surface area contributed by atoms with E-state index < -0.39 is 17.1 Å². The van der Waals surface area contributed by atoms with Crippen molar-refractivity contribution in [2.75, 3.05) is 0 Å². The first kappa shape index (κ1) is 24.4. The SMILES string of the molecule is CCCCCCCCn1c(=O)n(CCCC)c(=O)n(CCCCCCC)c1=O. The molecule has 6 nitrogen and oxygen atoms in total. The Hall–Kier alpha value is -1.59. The van der Waals surface area contributed by atoms with Gasteiger partial charge in [0.2, 0.25) is 0 Å². The molecule has 0 aromatic carbocycles. The van der Waals surface area contributed by atoms with Crippen molar-refractivity contribution in [3.63, 3.8) is 0 Å². The van der Waals surface area contributed by atoms with Gasteiger partial charge in [-0.15, -0.1) is 0 Å². The third kappa shape index (κ3) is 7.80. The molecule has 0 aliphatic rings. The molecule has 0 radical (unpaired) electrons. The van der Waals surface area contributed by atoms with E-state index >= 15 is 0 Å². The van der Waals surface area contributed by atoms with Crippen molar-refractivity contribution in [1.29, 1.82) is 0 Å². The standard InChI is InChI=1S/C22H41N3O3/c1-4-7-10-12-14-16-19-25-21(27)23(17-9-6-3)20(26)24(22(25)28)18-15-13-11-8-5-2/h4-19H2,1-3H3. The van der Waals surface area contributed by atoms with E-state index in [1.54, 1.807) is 0 Å². The molecule has 0 bridgehead atoms. The maximum absolute atomic E-state index is 12.8. The fourth-order valence-corrected chi connectivity index (χ4v) is 3.50. The van der Waals surface area contributed by atoms with Crippen molar-refractivity contribution < 1.29 is 0 Å². The molecular weight excluding hydrogens is 354 g/mol. The van der Waals surface area contributed by atoms with Gasteiger partial charge in [-0.2, -0.15) is 0 Å². The van der Waals surface area contributed by atoms with Gasteiger partial charge >= 0.3 is 17.1 Å². The molecule has 0 aliphatic heterocycles. The van der Waals surface area contributed by atoms with Crippen LogP contribution in [0.3, 0.4) is 0 Å². The fraction of sp³-hybridized carbons (Fsp3) is 0.864. The molecule has 1 heterocycles. The lowest BCUT2D eigenvalue weighted by Crippen LogP contribution is -2.54. The molecule has 6 heteroatoms. The van der Waals surface area contributed by atoms with Gasteiger partial charge in [0.05, 0.1) is 0 Å². The lowest BCUT2D eigenvalue weighted by atomic mass is 10.1. The predicted octanol–water partition coefficient (Wildman–Crippen LogP) is 4.30. The lowest BCUT2D eigenvalue weighted by Gasteiger charge is -2.14. The Morgan fingerprint density at radius 3 is 1.07 bits per heavy atom. The second-order valence-corrected chi connectivity index (χ2v) is 7.84. The van der Waals surface area contributed by atoms with Gasteiger partial charge in [0.25, 0.3) is 0 Å². The molecule has 1 rings (SSSR count). The Labute approximate surface area is 169 Å². The first-order valence-corrected chi connectivity index (χ1v) is 11.5. The van der Waals surface area contributed by atoms with Crippen molar-refractivity contribution in [2.45, 2.75) is 124 Å². The van der Waals surface area contributed by atoms with Gasteiger partial charge in [-0.25, -0.2) is 28.1 Å². The van der Waals surface area contributed by atoms with Crippen molar-refractivity contribution in [1.82, 2.24) is 13.7 Å². The summed E-state index contributed by atoms with van der Waals surface area (Å²) in [4.78, 5) is 38.3. The molecule has 0 fully saturated rings. The van der Waals surface area contributed by atoms with Gasteiger partial charge in [-0.1, -0.05) is 85.0 Å². The summed E-state index contributed by atoms with van der Waals surface area (Å²) < 4.78 is 3.86. The Morgan fingerprint density at radius 1 is 0.429 bits per heavy atom. The van der Waals surface area contributed by atoms with Crippen molar-refractivity contribution in [2.24, 2.45) is 0 Å². The Morgan fingerprint density at radius 2 is 0.714 bits per heavy atom. The summed E-state index contributed by atoms with van der Waals surface area (Å²) in [5, 5.41) is 0. The summed E-state index contributed by atoms with van der Waals surface area (Å²) in [6.07, 6.45) is 13.5. The molecule has 1 aromatic heterocycles. The van der Waals surface area contributed by atoms with Gasteiger partial charge in [0, 0.05) is 19.6 Å². The molecule has 0 saturated heterocycles. The minimum absolute atomic E-state index is 0.390. The highest BCUT2D eigenvalue weighted by Gasteiger charge is 2.14. The smallest absolute Gasteiger partial charge is 0.247 e. The van der Waals surface area contributed by atoms with Crippen molar-refractivity contribution in [3.05, 3.63) is 31.5 Å². The summed E-state index contributed by atoms with van der Waals surface area (Å²) in [5.41, 5.74) is -1.29. The average Bonchev–Trinajstić information content (AvgIpc) is 2.69. The van der Waals surface area contributed by atoms with Crippen LogP contribution in [0.1, 0.15) is 104 Å². The molecule has 0 saturated carbocycles. The van der Waals surface area contributed by atoms with Crippen molar-refractivity contribution >= 4 is 0 Å². The second kappa shape index (κ2) is 14.4. The summed E-state index contributed by atoms with van der Waals surface area (Å²) in [6.45, 7) is 7.58. The molecule has 0 atom stereocenters. The lowest BCUT2D eigenvalue weighted by molar-refractivity contribution is 0.415. The van der Waals surface area contributed by atoms with Gasteiger partial charge < -0.3 is 0 Å². The summed E-state index contributed by atoms with van der Waals surface area (Å²) in [5.74, 6) is 0. The second-order valence-electron chi connectivity index (χ2n) is 7.84. The topological polar surface area (TPSA) is 66.0 Å². The molecule has 0 amide bonds. The zero-order valence-electron chi connectivity index (χ0n) is 18.4. The zero-order valence-corrected chi connectivity index (χ0v) is 18.4. The van der Waals surface area contributed by atoms with Crippen LogP contribution in [-0.4, -0.2) is 13.7 Å². The number of aromatic nitrogens is 3. The highest BCUT2D eigenvalue weighted by Crippen LogP contribution is 2.05. The number of hydrogen-bond donors (Lipinski definition) is 0. The number of unbranched alkanes of at least 4 members (excludes halogenated alkanes) is 10. The number of rotatable bonds is 16. The molecular formula is C22H41N3O3. The van der Waals surface area contributed by atoms with Crippen LogP contribution in [0.25, 0.3) is 0 Å². The average molecular weight is 396 g/mol. The Bertz CT molecular complexity index is 715. The van der Waals surface area contributed by atoms with Gasteiger partial charge in [0.1, 0.15) is 0 Å². The van der Waals surface area contributed by atoms with E-state index in [4.69, 9.17) is 0 Å². The fourth-order valence-electron chi connectivity index (χ4n) is 3.50. The molecule has 0 aliphatic carbocycles. The first-order valence-electron chi connectivity index (χ1n) is 11.5. The Balaban J connectivity index is 2.95. The van der Waals surface area contributed by atoms with Crippen LogP contribution in [0.4, 0.5) is 0 Å². The summed E-state index contributed by atoms with van der Waals surface area (Å²) in [7, 11) is 0. The Kier molecular flexibility index (Phi) is 12.6.